The third-order valence-corrected chi connectivity index (χ3v) is 3.37. The number of esters is 1. The van der Waals surface area contributed by atoms with Gasteiger partial charge in [-0.15, -0.1) is 0 Å². The fourth-order valence-corrected chi connectivity index (χ4v) is 2.24. The first kappa shape index (κ1) is 14.8. The van der Waals surface area contributed by atoms with Crippen molar-refractivity contribution < 1.29 is 9.53 Å². The molecule has 3 rings (SSSR count). The normalized spacial score (nSPS) is 11.0. The van der Waals surface area contributed by atoms with E-state index in [1.807, 2.05) is 84.9 Å². The van der Waals surface area contributed by atoms with Gasteiger partial charge in [0.15, 0.2) is 0 Å². The van der Waals surface area contributed by atoms with Crippen LogP contribution in [0.5, 0.6) is 5.75 Å². The molecule has 0 N–H and O–H groups in total. The summed E-state index contributed by atoms with van der Waals surface area (Å²) in [6.45, 7) is 0. The predicted molar refractivity (Wildman–Crippen MR) is 92.8 cm³/mol. The van der Waals surface area contributed by atoms with Crippen LogP contribution in [0.3, 0.4) is 0 Å². The first-order valence-electron chi connectivity index (χ1n) is 7.42. The summed E-state index contributed by atoms with van der Waals surface area (Å²) in [7, 11) is 0. The van der Waals surface area contributed by atoms with E-state index in [4.69, 9.17) is 4.74 Å². The summed E-state index contributed by atoms with van der Waals surface area (Å²) in [5.74, 6) is 0.165. The molecule has 0 unspecified atom stereocenters. The molecule has 3 aromatic rings. The van der Waals surface area contributed by atoms with Crippen molar-refractivity contribution in [3.63, 3.8) is 0 Å². The monoisotopic (exact) mass is 300 g/mol. The molecule has 0 saturated heterocycles. The van der Waals surface area contributed by atoms with Crippen molar-refractivity contribution in [2.24, 2.45) is 0 Å². The molecule has 3 aromatic carbocycles. The first-order valence-corrected chi connectivity index (χ1v) is 7.42. The zero-order valence-corrected chi connectivity index (χ0v) is 12.6. The highest BCUT2D eigenvalue weighted by Crippen LogP contribution is 2.21. The second-order valence-corrected chi connectivity index (χ2v) is 5.04. The number of para-hydroxylation sites is 1. The van der Waals surface area contributed by atoms with E-state index in [1.165, 1.54) is 0 Å². The SMILES string of the molecule is O=C(Oc1ccccc1)/C(=C/c1ccccc1)c1ccccc1. The largest absolute Gasteiger partial charge is 0.423 e. The smallest absolute Gasteiger partial charge is 0.344 e. The molecule has 23 heavy (non-hydrogen) atoms. The summed E-state index contributed by atoms with van der Waals surface area (Å²) < 4.78 is 5.50. The van der Waals surface area contributed by atoms with Gasteiger partial charge in [0, 0.05) is 0 Å². The lowest BCUT2D eigenvalue weighted by Crippen LogP contribution is -2.10. The van der Waals surface area contributed by atoms with Crippen molar-refractivity contribution in [2.45, 2.75) is 0 Å². The van der Waals surface area contributed by atoms with E-state index in [0.29, 0.717) is 11.3 Å². The van der Waals surface area contributed by atoms with Crippen molar-refractivity contribution in [2.75, 3.05) is 0 Å². The Labute approximate surface area is 135 Å². The van der Waals surface area contributed by atoms with Gasteiger partial charge in [-0.2, -0.15) is 0 Å². The Hall–Kier alpha value is -3.13. The summed E-state index contributed by atoms with van der Waals surface area (Å²) in [4.78, 5) is 12.6. The highest BCUT2D eigenvalue weighted by atomic mass is 16.5. The molecule has 2 heteroatoms. The minimum Gasteiger partial charge on any atom is -0.423 e. The molecule has 0 fully saturated rings. The number of hydrogen-bond acceptors (Lipinski definition) is 2. The fraction of sp³-hybridized carbons (Fsp3) is 0. The molecule has 0 atom stereocenters. The van der Waals surface area contributed by atoms with E-state index in [0.717, 1.165) is 11.1 Å². The lowest BCUT2D eigenvalue weighted by Gasteiger charge is -2.09. The summed E-state index contributed by atoms with van der Waals surface area (Å²) in [5.41, 5.74) is 2.31. The Morgan fingerprint density at radius 3 is 1.83 bits per heavy atom. The number of hydrogen-bond donors (Lipinski definition) is 0. The van der Waals surface area contributed by atoms with Crippen molar-refractivity contribution in [1.29, 1.82) is 0 Å². The van der Waals surface area contributed by atoms with Gasteiger partial charge in [-0.3, -0.25) is 0 Å². The lowest BCUT2D eigenvalue weighted by atomic mass is 10.0. The molecule has 0 aromatic heterocycles. The van der Waals surface area contributed by atoms with Gasteiger partial charge < -0.3 is 4.74 Å². The van der Waals surface area contributed by atoms with E-state index in [1.54, 1.807) is 12.1 Å². The van der Waals surface area contributed by atoms with Crippen LogP contribution < -0.4 is 4.74 Å². The molecule has 0 bridgehead atoms. The minimum atomic E-state index is -0.369. The molecule has 0 amide bonds. The lowest BCUT2D eigenvalue weighted by molar-refractivity contribution is -0.127. The molecule has 0 aliphatic heterocycles. The Balaban J connectivity index is 1.95. The second-order valence-electron chi connectivity index (χ2n) is 5.04. The van der Waals surface area contributed by atoms with Crippen LogP contribution in [0, 0.1) is 0 Å². The number of rotatable bonds is 4. The molecule has 0 aliphatic rings. The summed E-state index contributed by atoms with van der Waals surface area (Å²) >= 11 is 0. The van der Waals surface area contributed by atoms with Gasteiger partial charge in [0.25, 0.3) is 0 Å². The average molecular weight is 300 g/mol. The van der Waals surface area contributed by atoms with Crippen molar-refractivity contribution in [3.8, 4) is 5.75 Å². The van der Waals surface area contributed by atoms with Crippen LogP contribution in [0.15, 0.2) is 91.0 Å². The number of benzene rings is 3. The summed E-state index contributed by atoms with van der Waals surface area (Å²) in [6, 6.07) is 28.4. The molecule has 0 saturated carbocycles. The predicted octanol–water partition coefficient (Wildman–Crippen LogP) is 4.83. The fourth-order valence-electron chi connectivity index (χ4n) is 2.24. The van der Waals surface area contributed by atoms with Crippen LogP contribution in [0.25, 0.3) is 11.6 Å². The first-order chi connectivity index (χ1) is 11.3. The third kappa shape index (κ3) is 3.95. The van der Waals surface area contributed by atoms with Gasteiger partial charge in [-0.25, -0.2) is 4.79 Å². The van der Waals surface area contributed by atoms with Crippen LogP contribution in [-0.2, 0) is 4.79 Å². The molecule has 0 radical (unpaired) electrons. The van der Waals surface area contributed by atoms with Crippen LogP contribution in [0.4, 0.5) is 0 Å². The zero-order valence-electron chi connectivity index (χ0n) is 12.6. The number of ether oxygens (including phenoxy) is 1. The topological polar surface area (TPSA) is 26.3 Å². The second kappa shape index (κ2) is 7.23. The van der Waals surface area contributed by atoms with Crippen molar-refractivity contribution in [3.05, 3.63) is 102 Å². The third-order valence-electron chi connectivity index (χ3n) is 3.37. The Kier molecular flexibility index (Phi) is 4.65. The van der Waals surface area contributed by atoms with E-state index in [9.17, 15) is 4.79 Å². The highest BCUT2D eigenvalue weighted by molar-refractivity contribution is 6.22. The molecular formula is C21H16O2. The molecule has 0 heterocycles. The molecule has 0 spiro atoms. The summed E-state index contributed by atoms with van der Waals surface area (Å²) in [6.07, 6.45) is 1.85. The van der Waals surface area contributed by atoms with Crippen molar-refractivity contribution in [1.82, 2.24) is 0 Å². The van der Waals surface area contributed by atoms with E-state index in [-0.39, 0.29) is 5.97 Å². The van der Waals surface area contributed by atoms with Gasteiger partial charge in [-0.1, -0.05) is 78.9 Å². The maximum atomic E-state index is 12.6. The van der Waals surface area contributed by atoms with Gasteiger partial charge in [0.1, 0.15) is 5.75 Å². The van der Waals surface area contributed by atoms with Crippen LogP contribution >= 0.6 is 0 Å². The average Bonchev–Trinajstić information content (AvgIpc) is 2.62. The Morgan fingerprint density at radius 2 is 1.22 bits per heavy atom. The molecule has 112 valence electrons. The standard InChI is InChI=1S/C21H16O2/c22-21(23-19-14-8-3-9-15-19)20(18-12-6-2-7-13-18)16-17-10-4-1-5-11-17/h1-16H/b20-16+. The molecule has 0 aliphatic carbocycles. The Morgan fingerprint density at radius 1 is 0.696 bits per heavy atom. The van der Waals surface area contributed by atoms with Gasteiger partial charge in [0.05, 0.1) is 5.57 Å². The maximum Gasteiger partial charge on any atom is 0.344 e. The Bertz CT molecular complexity index is 791. The number of carbonyl (C=O) groups excluding carboxylic acids is 1. The molecule has 2 nitrogen and oxygen atoms in total. The van der Waals surface area contributed by atoms with E-state index >= 15 is 0 Å². The van der Waals surface area contributed by atoms with E-state index in [2.05, 4.69) is 0 Å². The maximum absolute atomic E-state index is 12.6. The van der Waals surface area contributed by atoms with Gasteiger partial charge in [-0.05, 0) is 29.3 Å². The van der Waals surface area contributed by atoms with Gasteiger partial charge >= 0.3 is 5.97 Å². The number of carbonyl (C=O) groups is 1. The van der Waals surface area contributed by atoms with Crippen LogP contribution in [-0.4, -0.2) is 5.97 Å². The minimum absolute atomic E-state index is 0.369. The van der Waals surface area contributed by atoms with Crippen LogP contribution in [0.1, 0.15) is 11.1 Å². The highest BCUT2D eigenvalue weighted by Gasteiger charge is 2.14. The van der Waals surface area contributed by atoms with Gasteiger partial charge in [0.2, 0.25) is 0 Å². The van der Waals surface area contributed by atoms with Crippen molar-refractivity contribution >= 4 is 17.6 Å². The van der Waals surface area contributed by atoms with E-state index < -0.39 is 0 Å². The quantitative estimate of drug-likeness (QED) is 0.298. The summed E-state index contributed by atoms with van der Waals surface area (Å²) in [5, 5.41) is 0. The van der Waals surface area contributed by atoms with Crippen LogP contribution in [0.2, 0.25) is 0 Å². The zero-order chi connectivity index (χ0) is 15.9. The molecular weight excluding hydrogens is 284 g/mol.